The van der Waals surface area contributed by atoms with Gasteiger partial charge >= 0.3 is 0 Å². The molecule has 0 bridgehead atoms. The number of aliphatic imine (C=N–C) groups is 1. The number of aryl methyl sites for hydroxylation is 1. The van der Waals surface area contributed by atoms with Crippen LogP contribution in [0.2, 0.25) is 0 Å². The van der Waals surface area contributed by atoms with E-state index < -0.39 is 0 Å². The van der Waals surface area contributed by atoms with Crippen molar-refractivity contribution in [3.8, 4) is 0 Å². The summed E-state index contributed by atoms with van der Waals surface area (Å²) in [4.78, 5) is 7.04. The third-order valence-electron chi connectivity index (χ3n) is 5.19. The highest BCUT2D eigenvalue weighted by Gasteiger charge is 2.28. The van der Waals surface area contributed by atoms with E-state index in [0.717, 1.165) is 55.6 Å². The summed E-state index contributed by atoms with van der Waals surface area (Å²) in [5.74, 6) is 2.59. The average Bonchev–Trinajstić information content (AvgIpc) is 3.29. The van der Waals surface area contributed by atoms with Crippen LogP contribution in [0.1, 0.15) is 43.6 Å². The number of hydrogen-bond acceptors (Lipinski definition) is 4. The van der Waals surface area contributed by atoms with Crippen LogP contribution in [0.25, 0.3) is 0 Å². The zero-order valence-corrected chi connectivity index (χ0v) is 16.4. The van der Waals surface area contributed by atoms with E-state index in [1.807, 2.05) is 0 Å². The van der Waals surface area contributed by atoms with Gasteiger partial charge in [0.05, 0.1) is 12.6 Å². The Hall–Kier alpha value is -2.48. The summed E-state index contributed by atoms with van der Waals surface area (Å²) >= 11 is 0. The van der Waals surface area contributed by atoms with E-state index in [9.17, 15) is 4.39 Å². The minimum Gasteiger partial charge on any atom is -0.367 e. The molecule has 2 aromatic rings. The van der Waals surface area contributed by atoms with Gasteiger partial charge in [0.25, 0.3) is 0 Å². The Labute approximate surface area is 164 Å². The fraction of sp³-hybridized carbons (Fsp3) is 0.550. The van der Waals surface area contributed by atoms with E-state index in [2.05, 4.69) is 38.8 Å². The number of fused-ring (bicyclic) bond motifs is 1. The van der Waals surface area contributed by atoms with Crippen molar-refractivity contribution in [2.45, 2.75) is 52.0 Å². The summed E-state index contributed by atoms with van der Waals surface area (Å²) in [7, 11) is 0. The molecule has 8 heteroatoms. The molecule has 0 radical (unpaired) electrons. The topological polar surface area (TPSA) is 67.6 Å². The van der Waals surface area contributed by atoms with Crippen molar-refractivity contribution in [1.82, 2.24) is 25.0 Å². The van der Waals surface area contributed by atoms with Gasteiger partial charge in [-0.25, -0.2) is 9.38 Å². The molecule has 3 heterocycles. The maximum absolute atomic E-state index is 13.3. The van der Waals surface area contributed by atoms with Crippen LogP contribution in [0, 0.1) is 5.82 Å². The summed E-state index contributed by atoms with van der Waals surface area (Å²) < 4.78 is 21.6. The summed E-state index contributed by atoms with van der Waals surface area (Å²) in [6.45, 7) is 7.79. The Morgan fingerprint density at radius 1 is 1.29 bits per heavy atom. The molecule has 2 aliphatic rings. The minimum atomic E-state index is -0.236. The summed E-state index contributed by atoms with van der Waals surface area (Å²) in [5, 5.41) is 12.0. The number of rotatable bonds is 4. The summed E-state index contributed by atoms with van der Waals surface area (Å²) in [6.07, 6.45) is 2.05. The molecule has 1 saturated heterocycles. The highest BCUT2D eigenvalue weighted by Crippen LogP contribution is 2.25. The van der Waals surface area contributed by atoms with Crippen molar-refractivity contribution in [2.75, 3.05) is 19.6 Å². The first-order valence-electron chi connectivity index (χ1n) is 9.99. The van der Waals surface area contributed by atoms with Gasteiger partial charge in [-0.2, -0.15) is 0 Å². The maximum Gasteiger partial charge on any atom is 0.194 e. The monoisotopic (exact) mass is 386 g/mol. The molecule has 0 spiro atoms. The fourth-order valence-corrected chi connectivity index (χ4v) is 3.89. The van der Waals surface area contributed by atoms with Gasteiger partial charge in [-0.15, -0.1) is 10.2 Å². The molecule has 28 heavy (non-hydrogen) atoms. The Morgan fingerprint density at radius 2 is 2.11 bits per heavy atom. The molecule has 2 aliphatic heterocycles. The highest BCUT2D eigenvalue weighted by molar-refractivity contribution is 5.80. The lowest BCUT2D eigenvalue weighted by molar-refractivity contribution is -0.0605. The van der Waals surface area contributed by atoms with Crippen LogP contribution in [-0.2, 0) is 24.2 Å². The maximum atomic E-state index is 13.3. The van der Waals surface area contributed by atoms with E-state index in [1.165, 1.54) is 12.1 Å². The van der Waals surface area contributed by atoms with Gasteiger partial charge in [-0.1, -0.05) is 12.1 Å². The molecule has 0 saturated carbocycles. The Balaban J connectivity index is 1.51. The quantitative estimate of drug-likeness (QED) is 0.645. The van der Waals surface area contributed by atoms with E-state index in [-0.39, 0.29) is 18.0 Å². The lowest BCUT2D eigenvalue weighted by atomic mass is 10.1. The van der Waals surface area contributed by atoms with Gasteiger partial charge in [0.15, 0.2) is 11.8 Å². The van der Waals surface area contributed by atoms with Crippen molar-refractivity contribution in [3.05, 3.63) is 47.3 Å². The average molecular weight is 386 g/mol. The number of ether oxygens (including phenoxy) is 1. The van der Waals surface area contributed by atoms with Crippen molar-refractivity contribution in [3.63, 3.8) is 0 Å². The first-order chi connectivity index (χ1) is 13.6. The number of morpholine rings is 1. The standard InChI is InChI=1S/C20H27FN6O/c1-3-22-20(23-11-19-25-24-18-5-4-10-27(18)19)26-12-14(2)28-17(13-26)15-6-8-16(21)9-7-15/h6-9,14,17H,3-5,10-13H2,1-2H3,(H,22,23). The number of guanidine groups is 1. The second kappa shape index (κ2) is 8.26. The number of benzene rings is 1. The number of aromatic nitrogens is 3. The van der Waals surface area contributed by atoms with Gasteiger partial charge in [-0.3, -0.25) is 0 Å². The molecule has 1 aromatic carbocycles. The molecular weight excluding hydrogens is 359 g/mol. The SMILES string of the molecule is CCNC(=NCc1nnc2n1CCC2)N1CC(C)OC(c2ccc(F)cc2)C1. The normalized spacial score (nSPS) is 22.4. The van der Waals surface area contributed by atoms with E-state index >= 15 is 0 Å². The van der Waals surface area contributed by atoms with E-state index in [4.69, 9.17) is 9.73 Å². The molecule has 2 atom stereocenters. The number of nitrogens with zero attached hydrogens (tertiary/aromatic N) is 5. The van der Waals surface area contributed by atoms with Gasteiger partial charge in [0.1, 0.15) is 24.3 Å². The van der Waals surface area contributed by atoms with Gasteiger partial charge < -0.3 is 19.5 Å². The van der Waals surface area contributed by atoms with E-state index in [0.29, 0.717) is 13.1 Å². The van der Waals surface area contributed by atoms with Crippen molar-refractivity contribution >= 4 is 5.96 Å². The minimum absolute atomic E-state index is 0.0463. The molecule has 1 N–H and O–H groups in total. The first-order valence-corrected chi connectivity index (χ1v) is 9.99. The number of nitrogens with one attached hydrogen (secondary N) is 1. The number of halogens is 1. The van der Waals surface area contributed by atoms with Crippen LogP contribution < -0.4 is 5.32 Å². The van der Waals surface area contributed by atoms with Gasteiger partial charge in [0, 0.05) is 26.1 Å². The smallest absolute Gasteiger partial charge is 0.194 e. The molecule has 1 fully saturated rings. The highest BCUT2D eigenvalue weighted by atomic mass is 19.1. The van der Waals surface area contributed by atoms with Crippen LogP contribution in [0.15, 0.2) is 29.3 Å². The van der Waals surface area contributed by atoms with E-state index in [1.54, 1.807) is 12.1 Å². The first kappa shape index (κ1) is 18.9. The molecule has 0 aliphatic carbocycles. The van der Waals surface area contributed by atoms with Gasteiger partial charge in [-0.05, 0) is 38.0 Å². The van der Waals surface area contributed by atoms with Crippen LogP contribution in [0.4, 0.5) is 4.39 Å². The van der Waals surface area contributed by atoms with Crippen molar-refractivity contribution < 1.29 is 9.13 Å². The third kappa shape index (κ3) is 4.01. The van der Waals surface area contributed by atoms with Crippen LogP contribution in [0.5, 0.6) is 0 Å². The zero-order valence-electron chi connectivity index (χ0n) is 16.4. The Kier molecular flexibility index (Phi) is 5.57. The second-order valence-electron chi connectivity index (χ2n) is 7.35. The zero-order chi connectivity index (χ0) is 19.5. The van der Waals surface area contributed by atoms with Crippen molar-refractivity contribution in [1.29, 1.82) is 0 Å². The van der Waals surface area contributed by atoms with Gasteiger partial charge in [0.2, 0.25) is 0 Å². The molecular formula is C20H27FN6O. The van der Waals surface area contributed by atoms with Crippen LogP contribution >= 0.6 is 0 Å². The molecule has 2 unspecified atom stereocenters. The predicted molar refractivity (Wildman–Crippen MR) is 104 cm³/mol. The molecule has 4 rings (SSSR count). The Bertz CT molecular complexity index is 834. The molecule has 7 nitrogen and oxygen atoms in total. The fourth-order valence-electron chi connectivity index (χ4n) is 3.89. The lowest BCUT2D eigenvalue weighted by Crippen LogP contribution is -2.50. The third-order valence-corrected chi connectivity index (χ3v) is 5.19. The predicted octanol–water partition coefficient (Wildman–Crippen LogP) is 2.29. The van der Waals surface area contributed by atoms with Crippen molar-refractivity contribution in [2.24, 2.45) is 4.99 Å². The molecule has 1 aromatic heterocycles. The van der Waals surface area contributed by atoms with Crippen LogP contribution in [0.3, 0.4) is 0 Å². The summed E-state index contributed by atoms with van der Waals surface area (Å²) in [6, 6.07) is 6.54. The Morgan fingerprint density at radius 3 is 2.89 bits per heavy atom. The largest absolute Gasteiger partial charge is 0.367 e. The molecule has 0 amide bonds. The van der Waals surface area contributed by atoms with Crippen LogP contribution in [-0.4, -0.2) is 51.4 Å². The summed E-state index contributed by atoms with van der Waals surface area (Å²) in [5.41, 5.74) is 0.976. The lowest BCUT2D eigenvalue weighted by Gasteiger charge is -2.38. The number of hydrogen-bond donors (Lipinski definition) is 1. The molecule has 150 valence electrons. The second-order valence-corrected chi connectivity index (χ2v) is 7.35.